The van der Waals surface area contributed by atoms with Gasteiger partial charge in [0.2, 0.25) is 5.91 Å². The Hall–Kier alpha value is -1.17. The van der Waals surface area contributed by atoms with Crippen LogP contribution in [0.15, 0.2) is 23.6 Å². The highest BCUT2D eigenvalue weighted by molar-refractivity contribution is 7.10. The lowest BCUT2D eigenvalue weighted by atomic mass is 10.2. The molecule has 2 N–H and O–H groups in total. The molecular formula is C12H16N2O2S. The highest BCUT2D eigenvalue weighted by Crippen LogP contribution is 2.12. The number of β-amino-alcohol motifs (C(OH)–C–C–N with tert-alkyl or cyclic N) is 1. The lowest BCUT2D eigenvalue weighted by molar-refractivity contribution is -0.127. The number of aliphatic hydroxyl groups is 1. The van der Waals surface area contributed by atoms with Gasteiger partial charge in [-0.2, -0.15) is 0 Å². The molecule has 0 spiro atoms. The summed E-state index contributed by atoms with van der Waals surface area (Å²) >= 11 is 1.59. The quantitative estimate of drug-likeness (QED) is 0.773. The van der Waals surface area contributed by atoms with Crippen molar-refractivity contribution in [3.8, 4) is 0 Å². The fraction of sp³-hybridized carbons (Fsp3) is 0.417. The molecule has 1 amide bonds. The fourth-order valence-corrected chi connectivity index (χ4v) is 2.48. The zero-order chi connectivity index (χ0) is 12.3. The minimum absolute atomic E-state index is 0.0776. The standard InChI is InChI=1S/C12H16N2O2S/c1-14(10-7-13-8-11(10)15)12(16)5-4-9-3-2-6-17-9/h2-6,10-11,13,15H,7-8H2,1H3/b5-4+/t10-,11-/m0/s1. The van der Waals surface area contributed by atoms with Crippen molar-refractivity contribution < 1.29 is 9.90 Å². The van der Waals surface area contributed by atoms with Crippen LogP contribution in [0.5, 0.6) is 0 Å². The number of likely N-dealkylation sites (N-methyl/N-ethyl adjacent to an activating group) is 1. The van der Waals surface area contributed by atoms with E-state index in [2.05, 4.69) is 5.32 Å². The molecule has 4 nitrogen and oxygen atoms in total. The number of nitrogens with one attached hydrogen (secondary N) is 1. The maximum absolute atomic E-state index is 11.9. The minimum atomic E-state index is -0.473. The van der Waals surface area contributed by atoms with Crippen LogP contribution in [0.4, 0.5) is 0 Å². The van der Waals surface area contributed by atoms with Gasteiger partial charge in [-0.25, -0.2) is 0 Å². The third-order valence-electron chi connectivity index (χ3n) is 2.93. The molecule has 17 heavy (non-hydrogen) atoms. The molecule has 1 fully saturated rings. The Kier molecular flexibility index (Phi) is 3.93. The van der Waals surface area contributed by atoms with Gasteiger partial charge in [0, 0.05) is 31.1 Å². The summed E-state index contributed by atoms with van der Waals surface area (Å²) < 4.78 is 0. The van der Waals surface area contributed by atoms with Crippen LogP contribution in [0, 0.1) is 0 Å². The van der Waals surface area contributed by atoms with Gasteiger partial charge in [-0.15, -0.1) is 11.3 Å². The molecule has 1 aromatic heterocycles. The topological polar surface area (TPSA) is 52.6 Å². The number of nitrogens with zero attached hydrogens (tertiary/aromatic N) is 1. The SMILES string of the molecule is CN(C(=O)/C=C/c1cccs1)[C@H]1CNC[C@@H]1O. The van der Waals surface area contributed by atoms with Crippen molar-refractivity contribution in [3.05, 3.63) is 28.5 Å². The Morgan fingerprint density at radius 3 is 3.06 bits per heavy atom. The van der Waals surface area contributed by atoms with Gasteiger partial charge in [0.25, 0.3) is 0 Å². The van der Waals surface area contributed by atoms with Crippen molar-refractivity contribution in [2.45, 2.75) is 12.1 Å². The molecule has 2 heterocycles. The number of thiophene rings is 1. The number of hydrogen-bond donors (Lipinski definition) is 2. The van der Waals surface area contributed by atoms with E-state index in [0.717, 1.165) is 4.88 Å². The zero-order valence-corrected chi connectivity index (χ0v) is 10.5. The number of carbonyl (C=O) groups is 1. The van der Waals surface area contributed by atoms with Crippen molar-refractivity contribution in [2.24, 2.45) is 0 Å². The molecule has 0 unspecified atom stereocenters. The van der Waals surface area contributed by atoms with Crippen LogP contribution in [0.3, 0.4) is 0 Å². The van der Waals surface area contributed by atoms with E-state index in [1.807, 2.05) is 17.5 Å². The highest BCUT2D eigenvalue weighted by Gasteiger charge is 2.30. The van der Waals surface area contributed by atoms with Gasteiger partial charge in [-0.3, -0.25) is 4.79 Å². The van der Waals surface area contributed by atoms with Crippen LogP contribution in [0.25, 0.3) is 6.08 Å². The average Bonchev–Trinajstić information content (AvgIpc) is 2.95. The summed E-state index contributed by atoms with van der Waals surface area (Å²) in [6, 6.07) is 3.78. The van der Waals surface area contributed by atoms with Crippen LogP contribution < -0.4 is 5.32 Å². The van der Waals surface area contributed by atoms with Gasteiger partial charge in [0.1, 0.15) is 0 Å². The summed E-state index contributed by atoms with van der Waals surface area (Å²) in [5.41, 5.74) is 0. The smallest absolute Gasteiger partial charge is 0.246 e. The van der Waals surface area contributed by atoms with E-state index in [-0.39, 0.29) is 11.9 Å². The minimum Gasteiger partial charge on any atom is -0.390 e. The summed E-state index contributed by atoms with van der Waals surface area (Å²) in [5.74, 6) is -0.0776. The molecule has 2 atom stereocenters. The second kappa shape index (κ2) is 5.44. The monoisotopic (exact) mass is 252 g/mol. The molecule has 0 bridgehead atoms. The van der Waals surface area contributed by atoms with Crippen LogP contribution in [-0.4, -0.2) is 48.2 Å². The van der Waals surface area contributed by atoms with Crippen LogP contribution >= 0.6 is 11.3 Å². The molecule has 2 rings (SSSR count). The van der Waals surface area contributed by atoms with Crippen LogP contribution in [0.2, 0.25) is 0 Å². The molecule has 1 aliphatic rings. The average molecular weight is 252 g/mol. The van der Waals surface area contributed by atoms with Crippen molar-refractivity contribution in [1.82, 2.24) is 10.2 Å². The Bertz CT molecular complexity index is 403. The number of rotatable bonds is 3. The first-order valence-electron chi connectivity index (χ1n) is 5.55. The van der Waals surface area contributed by atoms with Gasteiger partial charge >= 0.3 is 0 Å². The molecule has 0 aliphatic carbocycles. The Morgan fingerprint density at radius 2 is 2.47 bits per heavy atom. The normalized spacial score (nSPS) is 24.4. The van der Waals surface area contributed by atoms with Crippen molar-refractivity contribution in [1.29, 1.82) is 0 Å². The maximum Gasteiger partial charge on any atom is 0.246 e. The number of aliphatic hydroxyl groups excluding tert-OH is 1. The largest absolute Gasteiger partial charge is 0.390 e. The summed E-state index contributed by atoms with van der Waals surface area (Å²) in [4.78, 5) is 14.5. The lowest BCUT2D eigenvalue weighted by Crippen LogP contribution is -2.43. The van der Waals surface area contributed by atoms with E-state index in [9.17, 15) is 9.90 Å². The first-order chi connectivity index (χ1) is 8.18. The zero-order valence-electron chi connectivity index (χ0n) is 9.67. The molecule has 1 aromatic rings. The van der Waals surface area contributed by atoms with Gasteiger partial charge in [0.15, 0.2) is 0 Å². The van der Waals surface area contributed by atoms with E-state index in [4.69, 9.17) is 0 Å². The first kappa shape index (κ1) is 12.3. The molecule has 92 valence electrons. The number of carbonyl (C=O) groups excluding carboxylic acids is 1. The van der Waals surface area contributed by atoms with Gasteiger partial charge < -0.3 is 15.3 Å². The second-order valence-corrected chi connectivity index (χ2v) is 5.07. The predicted octanol–water partition coefficient (Wildman–Crippen LogP) is 0.552. The van der Waals surface area contributed by atoms with Gasteiger partial charge in [-0.1, -0.05) is 6.07 Å². The Labute approximate surface area is 105 Å². The van der Waals surface area contributed by atoms with Crippen molar-refractivity contribution in [2.75, 3.05) is 20.1 Å². The lowest BCUT2D eigenvalue weighted by Gasteiger charge is -2.25. The maximum atomic E-state index is 11.9. The van der Waals surface area contributed by atoms with E-state index in [0.29, 0.717) is 13.1 Å². The van der Waals surface area contributed by atoms with E-state index >= 15 is 0 Å². The molecule has 1 aliphatic heterocycles. The summed E-state index contributed by atoms with van der Waals surface area (Å²) in [6.07, 6.45) is 2.88. The molecular weight excluding hydrogens is 236 g/mol. The second-order valence-electron chi connectivity index (χ2n) is 4.09. The van der Waals surface area contributed by atoms with Gasteiger partial charge in [-0.05, 0) is 17.5 Å². The van der Waals surface area contributed by atoms with E-state index in [1.54, 1.807) is 35.4 Å². The molecule has 0 aromatic carbocycles. The Balaban J connectivity index is 1.95. The van der Waals surface area contributed by atoms with E-state index in [1.165, 1.54) is 0 Å². The van der Waals surface area contributed by atoms with Gasteiger partial charge in [0.05, 0.1) is 12.1 Å². The molecule has 0 saturated carbocycles. The fourth-order valence-electron chi connectivity index (χ4n) is 1.87. The highest BCUT2D eigenvalue weighted by atomic mass is 32.1. The van der Waals surface area contributed by atoms with Crippen molar-refractivity contribution in [3.63, 3.8) is 0 Å². The third-order valence-corrected chi connectivity index (χ3v) is 3.77. The third kappa shape index (κ3) is 2.94. The van der Waals surface area contributed by atoms with Crippen LogP contribution in [0.1, 0.15) is 4.88 Å². The summed E-state index contributed by atoms with van der Waals surface area (Å²) in [6.45, 7) is 1.20. The molecule has 1 saturated heterocycles. The van der Waals surface area contributed by atoms with Crippen molar-refractivity contribution >= 4 is 23.3 Å². The summed E-state index contributed by atoms with van der Waals surface area (Å²) in [7, 11) is 1.72. The number of amides is 1. The van der Waals surface area contributed by atoms with E-state index < -0.39 is 6.10 Å². The Morgan fingerprint density at radius 1 is 1.65 bits per heavy atom. The first-order valence-corrected chi connectivity index (χ1v) is 6.43. The predicted molar refractivity (Wildman–Crippen MR) is 68.8 cm³/mol. The van der Waals surface area contributed by atoms with Crippen LogP contribution in [-0.2, 0) is 4.79 Å². The summed E-state index contributed by atoms with van der Waals surface area (Å²) in [5, 5.41) is 14.7. The molecule has 5 heteroatoms. The molecule has 0 radical (unpaired) electrons. The number of hydrogen-bond acceptors (Lipinski definition) is 4.